The van der Waals surface area contributed by atoms with E-state index >= 15 is 0 Å². The molecule has 2 aromatic rings. The van der Waals surface area contributed by atoms with Crippen molar-refractivity contribution in [2.75, 3.05) is 19.8 Å². The number of imidazole rings is 1. The molecule has 1 amide bonds. The van der Waals surface area contributed by atoms with Gasteiger partial charge in [0.1, 0.15) is 5.82 Å². The molecule has 1 aromatic heterocycles. The van der Waals surface area contributed by atoms with Crippen molar-refractivity contribution in [1.29, 1.82) is 0 Å². The number of aryl methyl sites for hydroxylation is 1. The number of likely N-dealkylation sites (tertiary alicyclic amines) is 1. The van der Waals surface area contributed by atoms with Gasteiger partial charge in [-0.1, -0.05) is 50.6 Å². The molecule has 3 atom stereocenters. The van der Waals surface area contributed by atoms with E-state index in [9.17, 15) is 4.79 Å². The molecule has 0 unspecified atom stereocenters. The topological polar surface area (TPSA) is 58.2 Å². The molecule has 2 saturated heterocycles. The average Bonchev–Trinajstić information content (AvgIpc) is 3.33. The molecule has 0 bridgehead atoms. The quantitative estimate of drug-likeness (QED) is 0.813. The first kappa shape index (κ1) is 20.1. The molecule has 1 N–H and O–H groups in total. The van der Waals surface area contributed by atoms with Crippen molar-refractivity contribution in [2.24, 2.45) is 17.3 Å². The van der Waals surface area contributed by atoms with Crippen molar-refractivity contribution in [3.8, 4) is 11.3 Å². The van der Waals surface area contributed by atoms with E-state index in [-0.39, 0.29) is 23.3 Å². The minimum atomic E-state index is -0.00963. The third-order valence-electron chi connectivity index (χ3n) is 6.86. The zero-order valence-corrected chi connectivity index (χ0v) is 18.1. The molecule has 156 valence electrons. The first-order valence-electron chi connectivity index (χ1n) is 10.9. The van der Waals surface area contributed by atoms with E-state index in [0.29, 0.717) is 5.92 Å². The van der Waals surface area contributed by atoms with Crippen molar-refractivity contribution in [3.05, 3.63) is 41.9 Å². The van der Waals surface area contributed by atoms with Crippen LogP contribution in [-0.2, 0) is 9.53 Å². The average molecular weight is 396 g/mol. The number of carbonyl (C=O) groups is 1. The SMILES string of the molecule is Cc1ccc(-c2cnc([C@@H]3C[C@@]4(CCCOC4)CN3C(=O)[C@@H](C)C(C)C)[nH]2)cc1. The monoisotopic (exact) mass is 395 g/mol. The first-order chi connectivity index (χ1) is 13.9. The highest BCUT2D eigenvalue weighted by Gasteiger charge is 2.49. The van der Waals surface area contributed by atoms with Crippen LogP contribution in [0.3, 0.4) is 0 Å². The summed E-state index contributed by atoms with van der Waals surface area (Å²) in [4.78, 5) is 23.7. The Bertz CT molecular complexity index is 849. The summed E-state index contributed by atoms with van der Waals surface area (Å²) < 4.78 is 5.84. The number of ether oxygens (including phenoxy) is 1. The summed E-state index contributed by atoms with van der Waals surface area (Å²) in [5.41, 5.74) is 3.43. The third-order valence-corrected chi connectivity index (χ3v) is 6.86. The molecular weight excluding hydrogens is 362 g/mol. The molecule has 0 aliphatic carbocycles. The van der Waals surface area contributed by atoms with E-state index in [1.807, 2.05) is 13.1 Å². The maximum atomic E-state index is 13.4. The number of H-pyrrole nitrogens is 1. The summed E-state index contributed by atoms with van der Waals surface area (Å²) in [6, 6.07) is 8.44. The third kappa shape index (κ3) is 3.97. The summed E-state index contributed by atoms with van der Waals surface area (Å²) in [7, 11) is 0. The highest BCUT2D eigenvalue weighted by Crippen LogP contribution is 2.47. The van der Waals surface area contributed by atoms with E-state index in [4.69, 9.17) is 9.72 Å². The van der Waals surface area contributed by atoms with Crippen LogP contribution in [0.4, 0.5) is 0 Å². The van der Waals surface area contributed by atoms with Gasteiger partial charge >= 0.3 is 0 Å². The Balaban J connectivity index is 1.63. The van der Waals surface area contributed by atoms with Crippen LogP contribution in [0.2, 0.25) is 0 Å². The fraction of sp³-hybridized carbons (Fsp3) is 0.583. The van der Waals surface area contributed by atoms with Crippen LogP contribution in [0.1, 0.15) is 57.5 Å². The van der Waals surface area contributed by atoms with Gasteiger partial charge in [0.2, 0.25) is 5.91 Å². The second-order valence-corrected chi connectivity index (χ2v) is 9.42. The molecular formula is C24H33N3O2. The van der Waals surface area contributed by atoms with Gasteiger partial charge in [-0.25, -0.2) is 4.98 Å². The van der Waals surface area contributed by atoms with Crippen LogP contribution in [0.25, 0.3) is 11.3 Å². The maximum Gasteiger partial charge on any atom is 0.226 e. The number of hydrogen-bond donors (Lipinski definition) is 1. The molecule has 1 spiro atoms. The molecule has 2 aliphatic rings. The van der Waals surface area contributed by atoms with Crippen LogP contribution < -0.4 is 0 Å². The Morgan fingerprint density at radius 2 is 2.03 bits per heavy atom. The Labute approximate surface area is 173 Å². The Hall–Kier alpha value is -2.14. The fourth-order valence-electron chi connectivity index (χ4n) is 4.66. The van der Waals surface area contributed by atoms with Crippen LogP contribution in [-0.4, -0.2) is 40.5 Å². The van der Waals surface area contributed by atoms with Gasteiger partial charge in [-0.05, 0) is 37.7 Å². The van der Waals surface area contributed by atoms with Crippen LogP contribution in [0, 0.1) is 24.2 Å². The second kappa shape index (κ2) is 7.94. The molecule has 0 radical (unpaired) electrons. The predicted molar refractivity (Wildman–Crippen MR) is 114 cm³/mol. The predicted octanol–water partition coefficient (Wildman–Crippen LogP) is 4.75. The van der Waals surface area contributed by atoms with E-state index in [1.54, 1.807) is 0 Å². The zero-order valence-electron chi connectivity index (χ0n) is 18.1. The summed E-state index contributed by atoms with van der Waals surface area (Å²) in [5.74, 6) is 1.46. The number of benzene rings is 1. The Kier molecular flexibility index (Phi) is 5.52. The molecule has 0 saturated carbocycles. The number of amides is 1. The highest BCUT2D eigenvalue weighted by atomic mass is 16.5. The molecule has 2 fully saturated rings. The van der Waals surface area contributed by atoms with Gasteiger partial charge in [0.25, 0.3) is 0 Å². The van der Waals surface area contributed by atoms with Gasteiger partial charge in [0, 0.05) is 24.5 Å². The van der Waals surface area contributed by atoms with Crippen molar-refractivity contribution >= 4 is 5.91 Å². The largest absolute Gasteiger partial charge is 0.381 e. The molecule has 4 rings (SSSR count). The number of rotatable bonds is 4. The van der Waals surface area contributed by atoms with Crippen molar-refractivity contribution in [3.63, 3.8) is 0 Å². The lowest BCUT2D eigenvalue weighted by molar-refractivity contribution is -0.138. The number of aromatic nitrogens is 2. The molecule has 2 aliphatic heterocycles. The Morgan fingerprint density at radius 3 is 2.69 bits per heavy atom. The smallest absolute Gasteiger partial charge is 0.226 e. The van der Waals surface area contributed by atoms with Crippen molar-refractivity contribution < 1.29 is 9.53 Å². The summed E-state index contributed by atoms with van der Waals surface area (Å²) in [5, 5.41) is 0. The fourth-order valence-corrected chi connectivity index (χ4v) is 4.66. The van der Waals surface area contributed by atoms with Gasteiger partial charge in [0.15, 0.2) is 0 Å². The van der Waals surface area contributed by atoms with Gasteiger partial charge in [0.05, 0.1) is 24.5 Å². The van der Waals surface area contributed by atoms with Gasteiger partial charge in [-0.2, -0.15) is 0 Å². The highest BCUT2D eigenvalue weighted by molar-refractivity contribution is 5.79. The van der Waals surface area contributed by atoms with E-state index < -0.39 is 0 Å². The zero-order chi connectivity index (χ0) is 20.6. The number of nitrogens with one attached hydrogen (secondary N) is 1. The standard InChI is InChI=1S/C24H33N3O2/c1-16(2)18(4)23(28)27-14-24(10-5-11-29-15-24)12-21(27)22-25-13-20(26-22)19-8-6-17(3)7-9-19/h6-9,13,16,18,21H,5,10-12,14-15H2,1-4H3,(H,25,26)/t18-,21-,24-/m0/s1. The molecule has 29 heavy (non-hydrogen) atoms. The second-order valence-electron chi connectivity index (χ2n) is 9.42. The van der Waals surface area contributed by atoms with Crippen LogP contribution in [0.15, 0.2) is 30.5 Å². The first-order valence-corrected chi connectivity index (χ1v) is 10.9. The van der Waals surface area contributed by atoms with Crippen LogP contribution in [0.5, 0.6) is 0 Å². The summed E-state index contributed by atoms with van der Waals surface area (Å²) >= 11 is 0. The number of hydrogen-bond acceptors (Lipinski definition) is 3. The lowest BCUT2D eigenvalue weighted by Gasteiger charge is -2.33. The lowest BCUT2D eigenvalue weighted by Crippen LogP contribution is -2.40. The minimum Gasteiger partial charge on any atom is -0.381 e. The maximum absolute atomic E-state index is 13.4. The van der Waals surface area contributed by atoms with Gasteiger partial charge in [-0.3, -0.25) is 4.79 Å². The number of aromatic amines is 1. The van der Waals surface area contributed by atoms with E-state index in [0.717, 1.165) is 56.1 Å². The van der Waals surface area contributed by atoms with E-state index in [1.165, 1.54) is 5.56 Å². The van der Waals surface area contributed by atoms with Crippen molar-refractivity contribution in [1.82, 2.24) is 14.9 Å². The summed E-state index contributed by atoms with van der Waals surface area (Å²) in [6.45, 7) is 10.7. The Morgan fingerprint density at radius 1 is 1.28 bits per heavy atom. The molecule has 5 nitrogen and oxygen atoms in total. The van der Waals surface area contributed by atoms with Crippen LogP contribution >= 0.6 is 0 Å². The van der Waals surface area contributed by atoms with Crippen molar-refractivity contribution in [2.45, 2.75) is 53.0 Å². The van der Waals surface area contributed by atoms with Gasteiger partial charge in [-0.15, -0.1) is 0 Å². The number of nitrogens with zero attached hydrogens (tertiary/aromatic N) is 2. The molecule has 5 heteroatoms. The molecule has 1 aromatic carbocycles. The normalized spacial score (nSPS) is 25.7. The molecule has 3 heterocycles. The minimum absolute atomic E-state index is 0.00342. The summed E-state index contributed by atoms with van der Waals surface area (Å²) in [6.07, 6.45) is 5.01. The lowest BCUT2D eigenvalue weighted by atomic mass is 9.80. The number of carbonyl (C=O) groups excluding carboxylic acids is 1. The van der Waals surface area contributed by atoms with E-state index in [2.05, 4.69) is 54.9 Å². The van der Waals surface area contributed by atoms with Gasteiger partial charge < -0.3 is 14.6 Å².